The molecule has 0 amide bonds. The van der Waals surface area contributed by atoms with E-state index in [0.717, 1.165) is 25.9 Å². The van der Waals surface area contributed by atoms with Crippen LogP contribution in [0.4, 0.5) is 0 Å². The monoisotopic (exact) mass is 236 g/mol. The van der Waals surface area contributed by atoms with Crippen molar-refractivity contribution in [2.24, 2.45) is 5.73 Å². The van der Waals surface area contributed by atoms with Crippen LogP contribution in [-0.4, -0.2) is 34.3 Å². The molecule has 1 aliphatic rings. The van der Waals surface area contributed by atoms with Crippen molar-refractivity contribution in [1.29, 1.82) is 0 Å². The number of hydrogen-bond acceptors (Lipinski definition) is 3. The van der Waals surface area contributed by atoms with E-state index in [9.17, 15) is 0 Å². The van der Waals surface area contributed by atoms with Crippen LogP contribution in [-0.2, 0) is 6.54 Å². The van der Waals surface area contributed by atoms with E-state index in [4.69, 9.17) is 5.73 Å². The lowest BCUT2D eigenvalue weighted by atomic mass is 10.0. The first kappa shape index (κ1) is 12.6. The van der Waals surface area contributed by atoms with Crippen molar-refractivity contribution in [2.75, 3.05) is 13.6 Å². The van der Waals surface area contributed by atoms with Crippen molar-refractivity contribution in [3.05, 3.63) is 18.0 Å². The second-order valence-corrected chi connectivity index (χ2v) is 5.06. The lowest BCUT2D eigenvalue weighted by Crippen LogP contribution is -2.38. The van der Waals surface area contributed by atoms with Crippen LogP contribution in [0.2, 0.25) is 0 Å². The third-order valence-electron chi connectivity index (χ3n) is 3.67. The minimum Gasteiger partial charge on any atom is -0.326 e. The van der Waals surface area contributed by atoms with Gasteiger partial charge in [-0.1, -0.05) is 13.3 Å². The molecule has 2 rings (SSSR count). The van der Waals surface area contributed by atoms with Crippen LogP contribution in [0.3, 0.4) is 0 Å². The molecule has 96 valence electrons. The van der Waals surface area contributed by atoms with E-state index >= 15 is 0 Å². The van der Waals surface area contributed by atoms with Crippen LogP contribution in [0.5, 0.6) is 0 Å². The zero-order valence-electron chi connectivity index (χ0n) is 11.0. The minimum atomic E-state index is 0.231. The third-order valence-corrected chi connectivity index (χ3v) is 3.67. The molecule has 1 aromatic heterocycles. The highest BCUT2D eigenvalue weighted by Gasteiger charge is 2.28. The first-order chi connectivity index (χ1) is 8.24. The van der Waals surface area contributed by atoms with Gasteiger partial charge in [0, 0.05) is 18.8 Å². The summed E-state index contributed by atoms with van der Waals surface area (Å²) < 4.78 is 2.12. The van der Waals surface area contributed by atoms with Crippen LogP contribution in [0.25, 0.3) is 0 Å². The molecule has 2 N–H and O–H groups in total. The van der Waals surface area contributed by atoms with Gasteiger partial charge in [-0.25, -0.2) is 0 Å². The number of rotatable bonds is 3. The largest absolute Gasteiger partial charge is 0.326 e. The molecule has 1 fully saturated rings. The number of nitrogens with two attached hydrogens (primary N) is 1. The van der Waals surface area contributed by atoms with E-state index in [1.54, 1.807) is 0 Å². The van der Waals surface area contributed by atoms with Crippen molar-refractivity contribution in [2.45, 2.75) is 51.2 Å². The fourth-order valence-corrected chi connectivity index (χ4v) is 2.80. The molecular formula is C13H24N4. The quantitative estimate of drug-likeness (QED) is 0.870. The van der Waals surface area contributed by atoms with Crippen molar-refractivity contribution in [3.63, 3.8) is 0 Å². The van der Waals surface area contributed by atoms with E-state index in [2.05, 4.69) is 34.7 Å². The SMILES string of the molecule is CCCn1nccc1C1C(N)CCCCN1C. The molecule has 0 saturated carbocycles. The topological polar surface area (TPSA) is 47.1 Å². The Balaban J connectivity index is 2.25. The second-order valence-electron chi connectivity index (χ2n) is 5.06. The predicted molar refractivity (Wildman–Crippen MR) is 69.7 cm³/mol. The van der Waals surface area contributed by atoms with E-state index in [1.807, 2.05) is 6.20 Å². The van der Waals surface area contributed by atoms with Gasteiger partial charge in [-0.3, -0.25) is 9.58 Å². The standard InChI is InChI=1S/C13H24N4/c1-3-9-17-12(7-8-15-17)13-11(14)6-4-5-10-16(13)2/h7-8,11,13H,3-6,9-10,14H2,1-2H3. The highest BCUT2D eigenvalue weighted by atomic mass is 15.3. The maximum atomic E-state index is 6.34. The summed E-state index contributed by atoms with van der Waals surface area (Å²) >= 11 is 0. The Hall–Kier alpha value is -0.870. The zero-order valence-corrected chi connectivity index (χ0v) is 11.0. The van der Waals surface area contributed by atoms with Gasteiger partial charge in [-0.05, 0) is 38.9 Å². The number of likely N-dealkylation sites (N-methyl/N-ethyl adjacent to an activating group) is 1. The maximum Gasteiger partial charge on any atom is 0.0668 e. The summed E-state index contributed by atoms with van der Waals surface area (Å²) in [6.07, 6.45) is 6.62. The Morgan fingerprint density at radius 1 is 1.47 bits per heavy atom. The smallest absolute Gasteiger partial charge is 0.0668 e. The Labute approximate surface area is 104 Å². The van der Waals surface area contributed by atoms with Crippen LogP contribution < -0.4 is 5.73 Å². The summed E-state index contributed by atoms with van der Waals surface area (Å²) in [5, 5.41) is 4.42. The molecule has 0 radical (unpaired) electrons. The molecule has 4 heteroatoms. The lowest BCUT2D eigenvalue weighted by Gasteiger charge is -2.30. The van der Waals surface area contributed by atoms with Gasteiger partial charge in [0.15, 0.2) is 0 Å². The molecule has 1 aromatic rings. The van der Waals surface area contributed by atoms with Crippen molar-refractivity contribution in [3.8, 4) is 0 Å². The summed E-state index contributed by atoms with van der Waals surface area (Å²) in [5.41, 5.74) is 7.62. The van der Waals surface area contributed by atoms with E-state index in [1.165, 1.54) is 18.5 Å². The molecule has 0 spiro atoms. The van der Waals surface area contributed by atoms with Crippen LogP contribution >= 0.6 is 0 Å². The highest BCUT2D eigenvalue weighted by Crippen LogP contribution is 2.28. The van der Waals surface area contributed by atoms with Gasteiger partial charge >= 0.3 is 0 Å². The lowest BCUT2D eigenvalue weighted by molar-refractivity contribution is 0.217. The second kappa shape index (κ2) is 5.65. The van der Waals surface area contributed by atoms with Crippen LogP contribution in [0, 0.1) is 0 Å². The van der Waals surface area contributed by atoms with E-state index in [-0.39, 0.29) is 6.04 Å². The molecule has 2 heterocycles. The number of nitrogens with zero attached hydrogens (tertiary/aromatic N) is 3. The first-order valence-electron chi connectivity index (χ1n) is 6.71. The highest BCUT2D eigenvalue weighted by molar-refractivity contribution is 5.11. The van der Waals surface area contributed by atoms with Gasteiger partial charge < -0.3 is 5.73 Å². The average molecular weight is 236 g/mol. The van der Waals surface area contributed by atoms with Crippen molar-refractivity contribution in [1.82, 2.24) is 14.7 Å². The summed E-state index contributed by atoms with van der Waals surface area (Å²) in [7, 11) is 2.18. The molecule has 1 aliphatic heterocycles. The molecule has 2 unspecified atom stereocenters. The van der Waals surface area contributed by atoms with E-state index < -0.39 is 0 Å². The molecular weight excluding hydrogens is 212 g/mol. The summed E-state index contributed by atoms with van der Waals surface area (Å²) in [4.78, 5) is 2.39. The molecule has 4 nitrogen and oxygen atoms in total. The average Bonchev–Trinajstić information content (AvgIpc) is 2.67. The van der Waals surface area contributed by atoms with Crippen LogP contribution in [0.15, 0.2) is 12.3 Å². The molecule has 2 atom stereocenters. The van der Waals surface area contributed by atoms with Crippen molar-refractivity contribution < 1.29 is 0 Å². The van der Waals surface area contributed by atoms with Gasteiger partial charge in [0.2, 0.25) is 0 Å². The third kappa shape index (κ3) is 2.69. The Morgan fingerprint density at radius 3 is 3.06 bits per heavy atom. The predicted octanol–water partition coefficient (Wildman–Crippen LogP) is 1.78. The number of hydrogen-bond donors (Lipinski definition) is 1. The summed E-state index contributed by atoms with van der Waals surface area (Å²) in [5.74, 6) is 0. The number of aryl methyl sites for hydroxylation is 1. The summed E-state index contributed by atoms with van der Waals surface area (Å²) in [6, 6.07) is 2.68. The maximum absolute atomic E-state index is 6.34. The Kier molecular flexibility index (Phi) is 4.18. The number of likely N-dealkylation sites (tertiary alicyclic amines) is 1. The van der Waals surface area contributed by atoms with Gasteiger partial charge in [0.25, 0.3) is 0 Å². The summed E-state index contributed by atoms with van der Waals surface area (Å²) in [6.45, 7) is 4.30. The van der Waals surface area contributed by atoms with Crippen molar-refractivity contribution >= 4 is 0 Å². The molecule has 0 aromatic carbocycles. The normalized spacial score (nSPS) is 27.0. The Morgan fingerprint density at radius 2 is 2.29 bits per heavy atom. The fraction of sp³-hybridized carbons (Fsp3) is 0.769. The molecule has 1 saturated heterocycles. The number of aromatic nitrogens is 2. The molecule has 0 bridgehead atoms. The first-order valence-corrected chi connectivity index (χ1v) is 6.71. The Bertz CT molecular complexity index is 335. The molecule has 0 aliphatic carbocycles. The van der Waals surface area contributed by atoms with Crippen LogP contribution in [0.1, 0.15) is 44.3 Å². The van der Waals surface area contributed by atoms with Gasteiger partial charge in [0.05, 0.1) is 11.7 Å². The van der Waals surface area contributed by atoms with E-state index in [0.29, 0.717) is 6.04 Å². The fourth-order valence-electron chi connectivity index (χ4n) is 2.80. The van der Waals surface area contributed by atoms with Gasteiger partial charge in [-0.2, -0.15) is 5.10 Å². The van der Waals surface area contributed by atoms with Gasteiger partial charge in [-0.15, -0.1) is 0 Å². The molecule has 17 heavy (non-hydrogen) atoms. The minimum absolute atomic E-state index is 0.231. The zero-order chi connectivity index (χ0) is 12.3. The van der Waals surface area contributed by atoms with Gasteiger partial charge in [0.1, 0.15) is 0 Å².